The number of para-hydroxylation sites is 2. The molecule has 0 fully saturated rings. The minimum atomic E-state index is 0.0767. The SMILES string of the molecule is O=C(Cn1nc(-c2ccccc2)c2ccccc21)N1CCc2ccccc21. The van der Waals surface area contributed by atoms with Crippen molar-refractivity contribution in [1.82, 2.24) is 9.78 Å². The van der Waals surface area contributed by atoms with E-state index in [1.54, 1.807) is 0 Å². The van der Waals surface area contributed by atoms with Gasteiger partial charge in [-0.25, -0.2) is 0 Å². The number of anilines is 1. The summed E-state index contributed by atoms with van der Waals surface area (Å²) in [4.78, 5) is 14.9. The zero-order valence-electron chi connectivity index (χ0n) is 14.9. The highest BCUT2D eigenvalue weighted by atomic mass is 16.2. The van der Waals surface area contributed by atoms with Crippen LogP contribution in [0.25, 0.3) is 22.2 Å². The number of carbonyl (C=O) groups excluding carboxylic acids is 1. The van der Waals surface area contributed by atoms with E-state index < -0.39 is 0 Å². The first-order valence-corrected chi connectivity index (χ1v) is 9.20. The van der Waals surface area contributed by atoms with Gasteiger partial charge in [-0.1, -0.05) is 66.7 Å². The summed E-state index contributed by atoms with van der Waals surface area (Å²) in [5.41, 5.74) is 5.23. The van der Waals surface area contributed by atoms with Crippen LogP contribution in [0.5, 0.6) is 0 Å². The first-order valence-electron chi connectivity index (χ1n) is 9.20. The standard InChI is InChI=1S/C23H19N3O/c27-22(25-15-14-17-8-4-6-12-20(17)25)16-26-21-13-7-5-11-19(21)23(24-26)18-9-2-1-3-10-18/h1-13H,14-16H2. The molecule has 0 saturated carbocycles. The van der Waals surface area contributed by atoms with E-state index in [0.717, 1.165) is 40.8 Å². The lowest BCUT2D eigenvalue weighted by molar-refractivity contribution is -0.119. The van der Waals surface area contributed by atoms with Crippen molar-refractivity contribution in [2.45, 2.75) is 13.0 Å². The molecule has 4 aromatic rings. The van der Waals surface area contributed by atoms with Gasteiger partial charge in [0.1, 0.15) is 12.2 Å². The fraction of sp³-hybridized carbons (Fsp3) is 0.130. The van der Waals surface area contributed by atoms with Crippen LogP contribution in [0.3, 0.4) is 0 Å². The highest BCUT2D eigenvalue weighted by Gasteiger charge is 2.25. The second-order valence-corrected chi connectivity index (χ2v) is 6.81. The van der Waals surface area contributed by atoms with Gasteiger partial charge in [0.2, 0.25) is 5.91 Å². The molecule has 0 spiro atoms. The van der Waals surface area contributed by atoms with Crippen molar-refractivity contribution in [2.75, 3.05) is 11.4 Å². The summed E-state index contributed by atoms with van der Waals surface area (Å²) in [6, 6.07) is 26.4. The molecule has 27 heavy (non-hydrogen) atoms. The first-order chi connectivity index (χ1) is 13.3. The number of amides is 1. The topological polar surface area (TPSA) is 38.1 Å². The molecule has 0 saturated heterocycles. The van der Waals surface area contributed by atoms with Crippen molar-refractivity contribution in [1.29, 1.82) is 0 Å². The number of carbonyl (C=O) groups is 1. The number of nitrogens with zero attached hydrogens (tertiary/aromatic N) is 3. The summed E-state index contributed by atoms with van der Waals surface area (Å²) < 4.78 is 1.83. The summed E-state index contributed by atoms with van der Waals surface area (Å²) in [6.07, 6.45) is 0.914. The van der Waals surface area contributed by atoms with Crippen molar-refractivity contribution < 1.29 is 4.79 Å². The van der Waals surface area contributed by atoms with Gasteiger partial charge in [-0.05, 0) is 24.1 Å². The summed E-state index contributed by atoms with van der Waals surface area (Å²) in [7, 11) is 0. The third kappa shape index (κ3) is 2.70. The van der Waals surface area contributed by atoms with Crippen LogP contribution in [0.15, 0.2) is 78.9 Å². The number of hydrogen-bond acceptors (Lipinski definition) is 2. The van der Waals surface area contributed by atoms with Crippen molar-refractivity contribution in [2.24, 2.45) is 0 Å². The largest absolute Gasteiger partial charge is 0.310 e. The Morgan fingerprint density at radius 1 is 0.889 bits per heavy atom. The molecule has 1 amide bonds. The maximum Gasteiger partial charge on any atom is 0.248 e. The van der Waals surface area contributed by atoms with E-state index in [2.05, 4.69) is 24.3 Å². The van der Waals surface area contributed by atoms with Gasteiger partial charge >= 0.3 is 0 Å². The maximum atomic E-state index is 13.0. The van der Waals surface area contributed by atoms with Crippen molar-refractivity contribution in [3.8, 4) is 11.3 Å². The Morgan fingerprint density at radius 3 is 2.52 bits per heavy atom. The van der Waals surface area contributed by atoms with E-state index in [9.17, 15) is 4.79 Å². The van der Waals surface area contributed by atoms with Crippen LogP contribution in [-0.2, 0) is 17.8 Å². The number of benzene rings is 3. The van der Waals surface area contributed by atoms with E-state index in [1.165, 1.54) is 5.56 Å². The smallest absolute Gasteiger partial charge is 0.248 e. The van der Waals surface area contributed by atoms with Gasteiger partial charge < -0.3 is 4.90 Å². The third-order valence-electron chi connectivity index (χ3n) is 5.18. The predicted molar refractivity (Wildman–Crippen MR) is 108 cm³/mol. The zero-order chi connectivity index (χ0) is 18.2. The number of rotatable bonds is 3. The van der Waals surface area contributed by atoms with Crippen LogP contribution in [0.1, 0.15) is 5.56 Å². The number of aromatic nitrogens is 2. The molecule has 1 aliphatic heterocycles. The van der Waals surface area contributed by atoms with Crippen LogP contribution >= 0.6 is 0 Å². The Labute approximate surface area is 157 Å². The molecule has 2 heterocycles. The lowest BCUT2D eigenvalue weighted by Gasteiger charge is -2.17. The normalized spacial score (nSPS) is 13.1. The zero-order valence-corrected chi connectivity index (χ0v) is 14.9. The first kappa shape index (κ1) is 15.8. The molecule has 132 valence electrons. The molecular formula is C23H19N3O. The molecule has 0 unspecified atom stereocenters. The molecule has 3 aromatic carbocycles. The lowest BCUT2D eigenvalue weighted by Crippen LogP contribution is -2.32. The summed E-state index contributed by atoms with van der Waals surface area (Å²) in [5.74, 6) is 0.0767. The summed E-state index contributed by atoms with van der Waals surface area (Å²) >= 11 is 0. The van der Waals surface area contributed by atoms with Gasteiger partial charge in [0, 0.05) is 23.2 Å². The summed E-state index contributed by atoms with van der Waals surface area (Å²) in [5, 5.41) is 5.86. The van der Waals surface area contributed by atoms with Crippen molar-refractivity contribution in [3.63, 3.8) is 0 Å². The van der Waals surface area contributed by atoms with Crippen LogP contribution in [0, 0.1) is 0 Å². The van der Waals surface area contributed by atoms with Gasteiger partial charge in [0.05, 0.1) is 5.52 Å². The molecule has 0 radical (unpaired) electrons. The minimum absolute atomic E-state index is 0.0767. The molecule has 0 bridgehead atoms. The molecule has 5 rings (SSSR count). The molecule has 1 aromatic heterocycles. The Bertz CT molecular complexity index is 1130. The number of fused-ring (bicyclic) bond motifs is 2. The molecule has 4 heteroatoms. The summed E-state index contributed by atoms with van der Waals surface area (Å²) in [6.45, 7) is 0.977. The molecule has 0 atom stereocenters. The maximum absolute atomic E-state index is 13.0. The fourth-order valence-electron chi connectivity index (χ4n) is 3.87. The quantitative estimate of drug-likeness (QED) is 0.551. The Balaban J connectivity index is 1.52. The van der Waals surface area contributed by atoms with Crippen LogP contribution in [0.4, 0.5) is 5.69 Å². The van der Waals surface area contributed by atoms with Crippen molar-refractivity contribution >= 4 is 22.5 Å². The Morgan fingerprint density at radius 2 is 1.63 bits per heavy atom. The molecule has 0 aliphatic carbocycles. The lowest BCUT2D eigenvalue weighted by atomic mass is 10.1. The van der Waals surface area contributed by atoms with Gasteiger partial charge in [-0.15, -0.1) is 0 Å². The highest BCUT2D eigenvalue weighted by Crippen LogP contribution is 2.30. The van der Waals surface area contributed by atoms with E-state index in [-0.39, 0.29) is 12.5 Å². The molecular weight excluding hydrogens is 334 g/mol. The van der Waals surface area contributed by atoms with Crippen LogP contribution in [0.2, 0.25) is 0 Å². The molecule has 4 nitrogen and oxygen atoms in total. The average Bonchev–Trinajstić information content (AvgIpc) is 3.31. The van der Waals surface area contributed by atoms with E-state index >= 15 is 0 Å². The van der Waals surface area contributed by atoms with Crippen LogP contribution < -0.4 is 4.90 Å². The van der Waals surface area contributed by atoms with E-state index in [1.807, 2.05) is 64.2 Å². The minimum Gasteiger partial charge on any atom is -0.310 e. The van der Waals surface area contributed by atoms with E-state index in [4.69, 9.17) is 5.10 Å². The predicted octanol–water partition coefficient (Wildman–Crippen LogP) is 4.29. The second kappa shape index (κ2) is 6.40. The monoisotopic (exact) mass is 353 g/mol. The molecule has 0 N–H and O–H groups in total. The van der Waals surface area contributed by atoms with Gasteiger partial charge in [-0.2, -0.15) is 5.10 Å². The number of hydrogen-bond donors (Lipinski definition) is 0. The van der Waals surface area contributed by atoms with Gasteiger partial charge in [-0.3, -0.25) is 9.48 Å². The Hall–Kier alpha value is -3.40. The third-order valence-corrected chi connectivity index (χ3v) is 5.18. The van der Waals surface area contributed by atoms with Crippen molar-refractivity contribution in [3.05, 3.63) is 84.4 Å². The van der Waals surface area contributed by atoms with Crippen LogP contribution in [-0.4, -0.2) is 22.2 Å². The van der Waals surface area contributed by atoms with Gasteiger partial charge in [0.25, 0.3) is 0 Å². The Kier molecular flexibility index (Phi) is 3.75. The average molecular weight is 353 g/mol. The fourth-order valence-corrected chi connectivity index (χ4v) is 3.87. The van der Waals surface area contributed by atoms with E-state index in [0.29, 0.717) is 0 Å². The highest BCUT2D eigenvalue weighted by molar-refractivity contribution is 5.98. The molecule has 1 aliphatic rings. The van der Waals surface area contributed by atoms with Gasteiger partial charge in [0.15, 0.2) is 0 Å². The second-order valence-electron chi connectivity index (χ2n) is 6.81.